The Bertz CT molecular complexity index is 188. The van der Waals surface area contributed by atoms with E-state index in [1.807, 2.05) is 0 Å². The molecule has 10 heavy (non-hydrogen) atoms. The van der Waals surface area contributed by atoms with Gasteiger partial charge in [-0.25, -0.2) is 0 Å². The lowest BCUT2D eigenvalue weighted by Crippen LogP contribution is -2.44. The number of carbonyl (C=O) groups is 1. The molecule has 0 aromatic carbocycles. The summed E-state index contributed by atoms with van der Waals surface area (Å²) in [7, 11) is 0. The van der Waals surface area contributed by atoms with Gasteiger partial charge in [0.1, 0.15) is 12.6 Å². The van der Waals surface area contributed by atoms with Crippen molar-refractivity contribution in [3.63, 3.8) is 0 Å². The van der Waals surface area contributed by atoms with Gasteiger partial charge in [0.15, 0.2) is 0 Å². The van der Waals surface area contributed by atoms with Crippen LogP contribution < -0.4 is 0 Å². The molecular formula is C7H11NO2. The molecule has 0 bridgehead atoms. The van der Waals surface area contributed by atoms with Gasteiger partial charge in [-0.05, 0) is 13.8 Å². The molecule has 2 aliphatic heterocycles. The zero-order valence-corrected chi connectivity index (χ0v) is 6.26. The fraction of sp³-hybridized carbons (Fsp3) is 0.857. The normalized spacial score (nSPS) is 42.0. The van der Waals surface area contributed by atoms with Crippen LogP contribution in [0.2, 0.25) is 0 Å². The summed E-state index contributed by atoms with van der Waals surface area (Å²) in [4.78, 5) is 13.0. The van der Waals surface area contributed by atoms with Crippen molar-refractivity contribution in [1.29, 1.82) is 0 Å². The van der Waals surface area contributed by atoms with Crippen molar-refractivity contribution in [1.82, 2.24) is 4.90 Å². The molecule has 2 heterocycles. The Labute approximate surface area is 60.0 Å². The predicted molar refractivity (Wildman–Crippen MR) is 35.5 cm³/mol. The van der Waals surface area contributed by atoms with E-state index in [2.05, 4.69) is 18.7 Å². The maximum atomic E-state index is 10.9. The third kappa shape index (κ3) is 0.669. The number of carbonyl (C=O) groups excluding carboxylic acids is 1. The third-order valence-corrected chi connectivity index (χ3v) is 2.23. The minimum atomic E-state index is -0.0423. The number of esters is 1. The molecule has 56 valence electrons. The number of ether oxygens (including phenoxy) is 1. The van der Waals surface area contributed by atoms with Gasteiger partial charge in [0.2, 0.25) is 0 Å². The first-order valence-electron chi connectivity index (χ1n) is 3.55. The Balaban J connectivity index is 2.16. The molecule has 0 saturated carbocycles. The molecule has 0 amide bonds. The van der Waals surface area contributed by atoms with Gasteiger partial charge in [-0.15, -0.1) is 0 Å². The van der Waals surface area contributed by atoms with Crippen LogP contribution >= 0.6 is 0 Å². The van der Waals surface area contributed by atoms with Crippen molar-refractivity contribution < 1.29 is 9.53 Å². The van der Waals surface area contributed by atoms with E-state index in [4.69, 9.17) is 4.74 Å². The summed E-state index contributed by atoms with van der Waals surface area (Å²) in [5.41, 5.74) is 0.0819. The molecule has 0 aromatic rings. The van der Waals surface area contributed by atoms with Crippen molar-refractivity contribution in [2.45, 2.75) is 25.4 Å². The lowest BCUT2D eigenvalue weighted by molar-refractivity contribution is -0.152. The molecule has 0 spiro atoms. The minimum absolute atomic E-state index is 0.0423. The molecule has 2 unspecified atom stereocenters. The minimum Gasteiger partial charge on any atom is -0.463 e. The molecule has 2 saturated heterocycles. The van der Waals surface area contributed by atoms with Crippen molar-refractivity contribution in [3.05, 3.63) is 0 Å². The Kier molecular flexibility index (Phi) is 0.944. The van der Waals surface area contributed by atoms with Crippen LogP contribution in [0, 0.1) is 0 Å². The topological polar surface area (TPSA) is 29.3 Å². The third-order valence-electron chi connectivity index (χ3n) is 2.23. The SMILES string of the molecule is CC1(C)COC(=O)C2CN21. The van der Waals surface area contributed by atoms with Crippen LogP contribution in [0.5, 0.6) is 0 Å². The Hall–Kier alpha value is -0.570. The first-order valence-corrected chi connectivity index (χ1v) is 3.55. The van der Waals surface area contributed by atoms with E-state index in [1.165, 1.54) is 0 Å². The summed E-state index contributed by atoms with van der Waals surface area (Å²) in [6.45, 7) is 5.63. The molecule has 0 radical (unpaired) electrons. The summed E-state index contributed by atoms with van der Waals surface area (Å²) in [5.74, 6) is -0.0423. The standard InChI is InChI=1S/C7H11NO2/c1-7(2)4-10-6(9)5-3-8(5)7/h5H,3-4H2,1-2H3. The van der Waals surface area contributed by atoms with Gasteiger partial charge in [-0.3, -0.25) is 9.69 Å². The molecule has 2 rings (SSSR count). The number of fused-ring (bicyclic) bond motifs is 1. The van der Waals surface area contributed by atoms with Gasteiger partial charge < -0.3 is 4.74 Å². The first kappa shape index (κ1) is 6.16. The van der Waals surface area contributed by atoms with Gasteiger partial charge in [0.05, 0.1) is 5.54 Å². The summed E-state index contributed by atoms with van der Waals surface area (Å²) in [6, 6.07) is 0.0868. The van der Waals surface area contributed by atoms with Gasteiger partial charge in [0.25, 0.3) is 0 Å². The van der Waals surface area contributed by atoms with Crippen LogP contribution in [0.1, 0.15) is 13.8 Å². The molecule has 3 heteroatoms. The van der Waals surface area contributed by atoms with Crippen LogP contribution in [0.4, 0.5) is 0 Å². The van der Waals surface area contributed by atoms with Gasteiger partial charge in [0, 0.05) is 6.54 Å². The second-order valence-electron chi connectivity index (χ2n) is 3.59. The zero-order chi connectivity index (χ0) is 7.35. The van der Waals surface area contributed by atoms with Crippen molar-refractivity contribution >= 4 is 5.97 Å². The highest BCUT2D eigenvalue weighted by Crippen LogP contribution is 2.34. The molecular weight excluding hydrogens is 130 g/mol. The van der Waals surface area contributed by atoms with Crippen LogP contribution in [0.25, 0.3) is 0 Å². The van der Waals surface area contributed by atoms with E-state index in [0.29, 0.717) is 6.61 Å². The Morgan fingerprint density at radius 3 is 3.00 bits per heavy atom. The average Bonchev–Trinajstić information content (AvgIpc) is 2.58. The van der Waals surface area contributed by atoms with Crippen molar-refractivity contribution in [2.75, 3.05) is 13.2 Å². The van der Waals surface area contributed by atoms with Crippen LogP contribution in [-0.4, -0.2) is 35.6 Å². The fourth-order valence-corrected chi connectivity index (χ4v) is 1.44. The van der Waals surface area contributed by atoms with E-state index in [0.717, 1.165) is 6.54 Å². The summed E-state index contributed by atoms with van der Waals surface area (Å²) in [6.07, 6.45) is 0. The van der Waals surface area contributed by atoms with Crippen LogP contribution in [-0.2, 0) is 9.53 Å². The highest BCUT2D eigenvalue weighted by atomic mass is 16.5. The number of rotatable bonds is 0. The van der Waals surface area contributed by atoms with E-state index in [9.17, 15) is 4.79 Å². The summed E-state index contributed by atoms with van der Waals surface area (Å²) in [5, 5.41) is 0. The summed E-state index contributed by atoms with van der Waals surface area (Å²) >= 11 is 0. The maximum Gasteiger partial charge on any atom is 0.324 e. The fourth-order valence-electron chi connectivity index (χ4n) is 1.44. The molecule has 0 aromatic heterocycles. The van der Waals surface area contributed by atoms with Gasteiger partial charge >= 0.3 is 5.97 Å². The second-order valence-corrected chi connectivity index (χ2v) is 3.59. The number of hydrogen-bond donors (Lipinski definition) is 0. The molecule has 0 aliphatic carbocycles. The van der Waals surface area contributed by atoms with Crippen molar-refractivity contribution in [3.8, 4) is 0 Å². The first-order chi connectivity index (χ1) is 4.61. The quantitative estimate of drug-likeness (QED) is 0.351. The summed E-state index contributed by atoms with van der Waals surface area (Å²) < 4.78 is 4.97. The molecule has 2 atom stereocenters. The zero-order valence-electron chi connectivity index (χ0n) is 6.26. The highest BCUT2D eigenvalue weighted by molar-refractivity contribution is 5.80. The maximum absolute atomic E-state index is 10.9. The highest BCUT2D eigenvalue weighted by Gasteiger charge is 2.53. The number of morpholine rings is 1. The number of cyclic esters (lactones) is 1. The van der Waals surface area contributed by atoms with E-state index < -0.39 is 0 Å². The lowest BCUT2D eigenvalue weighted by atomic mass is 10.1. The van der Waals surface area contributed by atoms with E-state index in [-0.39, 0.29) is 17.6 Å². The van der Waals surface area contributed by atoms with Crippen molar-refractivity contribution in [2.24, 2.45) is 0 Å². The van der Waals surface area contributed by atoms with Crippen LogP contribution in [0.15, 0.2) is 0 Å². The molecule has 2 fully saturated rings. The van der Waals surface area contributed by atoms with Crippen LogP contribution in [0.3, 0.4) is 0 Å². The van der Waals surface area contributed by atoms with Gasteiger partial charge in [-0.2, -0.15) is 0 Å². The molecule has 3 nitrogen and oxygen atoms in total. The smallest absolute Gasteiger partial charge is 0.324 e. The largest absolute Gasteiger partial charge is 0.463 e. The van der Waals surface area contributed by atoms with Gasteiger partial charge in [-0.1, -0.05) is 0 Å². The Morgan fingerprint density at radius 1 is 1.70 bits per heavy atom. The molecule has 0 N–H and O–H groups in total. The monoisotopic (exact) mass is 141 g/mol. The lowest BCUT2D eigenvalue weighted by Gasteiger charge is -2.30. The number of hydrogen-bond acceptors (Lipinski definition) is 3. The molecule has 2 aliphatic rings. The number of nitrogens with zero attached hydrogens (tertiary/aromatic N) is 1. The Morgan fingerprint density at radius 2 is 2.40 bits per heavy atom. The average molecular weight is 141 g/mol. The van der Waals surface area contributed by atoms with E-state index >= 15 is 0 Å². The second kappa shape index (κ2) is 1.53. The predicted octanol–water partition coefficient (Wildman–Crippen LogP) is 0.00600. The van der Waals surface area contributed by atoms with E-state index in [1.54, 1.807) is 0 Å².